The summed E-state index contributed by atoms with van der Waals surface area (Å²) < 4.78 is 54.8. The van der Waals surface area contributed by atoms with E-state index < -0.39 is 23.6 Å². The molecule has 1 atom stereocenters. The molecule has 1 aliphatic carbocycles. The first-order chi connectivity index (χ1) is 19.7. The number of benzene rings is 1. The maximum absolute atomic E-state index is 13.9. The molecule has 2 aromatic heterocycles. The molecule has 0 bridgehead atoms. The average molecular weight is 603 g/mol. The number of aryl methyl sites for hydroxylation is 1. The largest absolute Gasteiger partial charge is 0.396 e. The van der Waals surface area contributed by atoms with Gasteiger partial charge in [-0.2, -0.15) is 22.8 Å². The molecule has 13 heteroatoms. The van der Waals surface area contributed by atoms with Crippen LogP contribution in [0.15, 0.2) is 42.4 Å². The molecule has 1 fully saturated rings. The molecule has 1 aromatic carbocycles. The summed E-state index contributed by atoms with van der Waals surface area (Å²) in [5.41, 5.74) is 7.44. The van der Waals surface area contributed by atoms with E-state index in [0.29, 0.717) is 56.4 Å². The SMILES string of the molecule is Cc1nc(F)ccc1[C@H](Nc1cc(Cl)c2ncc(C#N)c(NCC(C)(C)C)c2c1)C1=CN(CC2(C(F)(F)F)CC2)NN1. The number of nitrogens with one attached hydrogen (secondary N) is 4. The second-order valence-corrected chi connectivity index (χ2v) is 12.4. The Kier molecular flexibility index (Phi) is 7.62. The van der Waals surface area contributed by atoms with Crippen molar-refractivity contribution in [2.45, 2.75) is 52.8 Å². The molecule has 4 N–H and O–H groups in total. The second-order valence-electron chi connectivity index (χ2n) is 12.0. The van der Waals surface area contributed by atoms with Gasteiger partial charge in [0, 0.05) is 47.8 Å². The minimum atomic E-state index is -4.31. The van der Waals surface area contributed by atoms with Gasteiger partial charge in [-0.25, -0.2) is 4.98 Å². The number of aromatic nitrogens is 2. The molecule has 0 spiro atoms. The summed E-state index contributed by atoms with van der Waals surface area (Å²) in [7, 11) is 0. The minimum Gasteiger partial charge on any atom is -0.383 e. The van der Waals surface area contributed by atoms with Crippen molar-refractivity contribution in [3.8, 4) is 6.07 Å². The van der Waals surface area contributed by atoms with Crippen molar-refractivity contribution in [3.05, 3.63) is 70.2 Å². The maximum atomic E-state index is 13.9. The molecule has 5 rings (SSSR count). The standard InChI is InChI=1S/C29H31ClF4N8/c1-16-19(5-6-23(31)38-16)26(22-13-42(41-40-22)15-28(7-8-28)29(32,33)34)39-18-9-20-24(37-14-27(2,3)4)17(11-35)12-36-25(20)21(30)10-18/h5-6,9-10,12-13,26,39-41H,7-8,14-15H2,1-4H3,(H,36,37)/t26-/m0/s1. The summed E-state index contributed by atoms with van der Waals surface area (Å²) in [4.78, 5) is 8.35. The molecule has 222 valence electrons. The number of hydrogen-bond acceptors (Lipinski definition) is 8. The van der Waals surface area contributed by atoms with Crippen LogP contribution in [-0.2, 0) is 0 Å². The van der Waals surface area contributed by atoms with E-state index in [4.69, 9.17) is 11.6 Å². The number of hydrogen-bond donors (Lipinski definition) is 4. The molecular formula is C29H31ClF4N8. The maximum Gasteiger partial charge on any atom is 0.396 e. The molecular weight excluding hydrogens is 572 g/mol. The predicted octanol–water partition coefficient (Wildman–Crippen LogP) is 6.72. The molecule has 0 amide bonds. The van der Waals surface area contributed by atoms with Gasteiger partial charge in [-0.05, 0) is 43.4 Å². The van der Waals surface area contributed by atoms with Crippen LogP contribution in [0.2, 0.25) is 5.02 Å². The van der Waals surface area contributed by atoms with Gasteiger partial charge in [0.1, 0.15) is 6.07 Å². The van der Waals surface area contributed by atoms with E-state index in [0.717, 1.165) is 0 Å². The highest BCUT2D eigenvalue weighted by atomic mass is 35.5. The lowest BCUT2D eigenvalue weighted by atomic mass is 9.96. The topological polar surface area (TPSA) is 101 Å². The molecule has 1 aliphatic heterocycles. The lowest BCUT2D eigenvalue weighted by Gasteiger charge is -2.24. The summed E-state index contributed by atoms with van der Waals surface area (Å²) in [6.45, 7) is 8.18. The molecule has 0 unspecified atom stereocenters. The molecule has 42 heavy (non-hydrogen) atoms. The number of nitrogens with zero attached hydrogens (tertiary/aromatic N) is 4. The molecule has 2 aliphatic rings. The monoisotopic (exact) mass is 602 g/mol. The number of rotatable bonds is 8. The van der Waals surface area contributed by atoms with E-state index in [9.17, 15) is 22.8 Å². The van der Waals surface area contributed by atoms with Crippen LogP contribution >= 0.6 is 11.6 Å². The molecule has 0 saturated heterocycles. The highest BCUT2D eigenvalue weighted by Gasteiger charge is 2.63. The first-order valence-corrected chi connectivity index (χ1v) is 13.8. The van der Waals surface area contributed by atoms with Gasteiger partial charge < -0.3 is 16.1 Å². The summed E-state index contributed by atoms with van der Waals surface area (Å²) in [6, 6.07) is 7.80. The number of pyridine rings is 2. The Morgan fingerprint density at radius 3 is 2.57 bits per heavy atom. The Bertz CT molecular complexity index is 1590. The zero-order chi connectivity index (χ0) is 30.4. The van der Waals surface area contributed by atoms with Crippen molar-refractivity contribution in [2.75, 3.05) is 23.7 Å². The number of halogens is 5. The second kappa shape index (κ2) is 10.8. The summed E-state index contributed by atoms with van der Waals surface area (Å²) in [5.74, 6) is -0.651. The van der Waals surface area contributed by atoms with Crippen LogP contribution in [0.1, 0.15) is 56.5 Å². The summed E-state index contributed by atoms with van der Waals surface area (Å²) in [6.07, 6.45) is -1.12. The normalized spacial score (nSPS) is 17.0. The number of nitriles is 1. The van der Waals surface area contributed by atoms with Gasteiger partial charge in [-0.1, -0.05) is 38.4 Å². The van der Waals surface area contributed by atoms with Crippen LogP contribution < -0.4 is 21.6 Å². The first-order valence-electron chi connectivity index (χ1n) is 13.4. The Morgan fingerprint density at radius 2 is 1.95 bits per heavy atom. The van der Waals surface area contributed by atoms with Crippen molar-refractivity contribution in [2.24, 2.45) is 10.8 Å². The Hall–Kier alpha value is -3.82. The van der Waals surface area contributed by atoms with E-state index in [1.807, 2.05) is 6.07 Å². The molecule has 3 aromatic rings. The fourth-order valence-electron chi connectivity index (χ4n) is 4.92. The number of hydrazine groups is 2. The summed E-state index contributed by atoms with van der Waals surface area (Å²) in [5, 5.41) is 18.9. The Balaban J connectivity index is 1.54. The Labute approximate surface area is 246 Å². The van der Waals surface area contributed by atoms with Crippen molar-refractivity contribution in [1.82, 2.24) is 25.9 Å². The number of anilines is 2. The smallest absolute Gasteiger partial charge is 0.383 e. The summed E-state index contributed by atoms with van der Waals surface area (Å²) >= 11 is 6.67. The quantitative estimate of drug-likeness (QED) is 0.166. The molecule has 1 saturated carbocycles. The van der Waals surface area contributed by atoms with Crippen molar-refractivity contribution in [3.63, 3.8) is 0 Å². The van der Waals surface area contributed by atoms with E-state index in [1.54, 1.807) is 25.3 Å². The zero-order valence-corrected chi connectivity index (χ0v) is 24.3. The number of fused-ring (bicyclic) bond motifs is 1. The minimum absolute atomic E-state index is 0.0699. The highest BCUT2D eigenvalue weighted by molar-refractivity contribution is 6.35. The van der Waals surface area contributed by atoms with Gasteiger partial charge in [-0.15, -0.1) is 5.53 Å². The lowest BCUT2D eigenvalue weighted by Crippen LogP contribution is -2.44. The van der Waals surface area contributed by atoms with Crippen LogP contribution in [0, 0.1) is 35.0 Å². The van der Waals surface area contributed by atoms with Gasteiger partial charge in [0.15, 0.2) is 0 Å². The van der Waals surface area contributed by atoms with Gasteiger partial charge in [0.05, 0.1) is 38.9 Å². The van der Waals surface area contributed by atoms with Crippen LogP contribution in [0.25, 0.3) is 10.9 Å². The third-order valence-corrected chi connectivity index (χ3v) is 7.72. The van der Waals surface area contributed by atoms with Crippen molar-refractivity contribution >= 4 is 33.9 Å². The van der Waals surface area contributed by atoms with Gasteiger partial charge in [0.2, 0.25) is 5.95 Å². The molecule has 8 nitrogen and oxygen atoms in total. The van der Waals surface area contributed by atoms with Gasteiger partial charge >= 0.3 is 6.18 Å². The van der Waals surface area contributed by atoms with Crippen LogP contribution in [0.3, 0.4) is 0 Å². The van der Waals surface area contributed by atoms with Crippen LogP contribution in [0.4, 0.5) is 28.9 Å². The third-order valence-electron chi connectivity index (χ3n) is 7.43. The van der Waals surface area contributed by atoms with Crippen molar-refractivity contribution in [1.29, 1.82) is 5.26 Å². The molecule has 3 heterocycles. The van der Waals surface area contributed by atoms with E-state index in [2.05, 4.69) is 58.4 Å². The predicted molar refractivity (Wildman–Crippen MR) is 153 cm³/mol. The Morgan fingerprint density at radius 1 is 1.21 bits per heavy atom. The van der Waals surface area contributed by atoms with E-state index in [-0.39, 0.29) is 24.8 Å². The first kappa shape index (κ1) is 29.7. The highest BCUT2D eigenvalue weighted by Crippen LogP contribution is 2.58. The third kappa shape index (κ3) is 6.03. The van der Waals surface area contributed by atoms with Crippen LogP contribution in [-0.4, -0.2) is 34.2 Å². The van der Waals surface area contributed by atoms with E-state index in [1.165, 1.54) is 17.3 Å². The molecule has 0 radical (unpaired) electrons. The van der Waals surface area contributed by atoms with E-state index >= 15 is 0 Å². The van der Waals surface area contributed by atoms with Gasteiger partial charge in [-0.3, -0.25) is 9.99 Å². The van der Waals surface area contributed by atoms with Crippen molar-refractivity contribution < 1.29 is 17.6 Å². The average Bonchev–Trinajstić information content (AvgIpc) is 3.55. The number of alkyl halides is 3. The lowest BCUT2D eigenvalue weighted by molar-refractivity contribution is -0.191. The van der Waals surface area contributed by atoms with Crippen LogP contribution in [0.5, 0.6) is 0 Å². The fraction of sp³-hybridized carbons (Fsp3) is 0.414. The fourth-order valence-corrected chi connectivity index (χ4v) is 5.18. The van der Waals surface area contributed by atoms with Gasteiger partial charge in [0.25, 0.3) is 0 Å². The zero-order valence-electron chi connectivity index (χ0n) is 23.5.